The quantitative estimate of drug-likeness (QED) is 0.277. The average molecular weight is 571 g/mol. The molecule has 2 heterocycles. The Morgan fingerprint density at radius 3 is 2.49 bits per heavy atom. The molecule has 210 valence electrons. The highest BCUT2D eigenvalue weighted by molar-refractivity contribution is 7.07. The molecule has 4 aromatic rings. The van der Waals surface area contributed by atoms with Crippen molar-refractivity contribution in [1.82, 2.24) is 4.57 Å². The number of ether oxygens (including phenoxy) is 4. The molecule has 0 fully saturated rings. The normalized spacial score (nSPS) is 14.7. The molecule has 0 spiro atoms. The summed E-state index contributed by atoms with van der Waals surface area (Å²) in [7, 11) is 3.10. The van der Waals surface area contributed by atoms with Crippen LogP contribution in [0.2, 0.25) is 0 Å². The number of aromatic nitrogens is 1. The monoisotopic (exact) mass is 570 g/mol. The largest absolute Gasteiger partial charge is 0.497 e. The van der Waals surface area contributed by atoms with E-state index in [2.05, 4.69) is 4.99 Å². The zero-order valence-electron chi connectivity index (χ0n) is 23.2. The lowest BCUT2D eigenvalue weighted by Gasteiger charge is -2.26. The first-order valence-electron chi connectivity index (χ1n) is 13.1. The standard InChI is InChI=1S/C32H30N2O6S/c1-5-39-31(36)28-20(2)33-32-34(29(28)24-18-23(37-3)15-16-26(24)38-4)30(35)27(41-32)17-22-13-9-10-14-25(22)40-19-21-11-7-6-8-12-21/h6-18,29H,5,19H2,1-4H3/b27-17-/t29-/m0/s1. The number of nitrogens with zero attached hydrogens (tertiary/aromatic N) is 2. The van der Waals surface area contributed by atoms with Crippen molar-refractivity contribution in [2.24, 2.45) is 4.99 Å². The maximum atomic E-state index is 14.1. The molecule has 8 nitrogen and oxygen atoms in total. The summed E-state index contributed by atoms with van der Waals surface area (Å²) in [5, 5.41) is 0. The van der Waals surface area contributed by atoms with Crippen molar-refractivity contribution >= 4 is 23.4 Å². The van der Waals surface area contributed by atoms with Gasteiger partial charge in [-0.2, -0.15) is 0 Å². The molecule has 0 saturated carbocycles. The lowest BCUT2D eigenvalue weighted by Crippen LogP contribution is -2.40. The van der Waals surface area contributed by atoms with Crippen molar-refractivity contribution in [3.8, 4) is 17.2 Å². The molecule has 1 aliphatic rings. The zero-order chi connectivity index (χ0) is 28.9. The number of rotatable bonds is 9. The number of thiazole rings is 1. The Balaban J connectivity index is 1.66. The van der Waals surface area contributed by atoms with Crippen molar-refractivity contribution in [2.45, 2.75) is 26.5 Å². The van der Waals surface area contributed by atoms with Crippen LogP contribution in [-0.4, -0.2) is 31.4 Å². The minimum absolute atomic E-state index is 0.182. The van der Waals surface area contributed by atoms with Gasteiger partial charge in [0.25, 0.3) is 5.56 Å². The number of benzene rings is 3. The molecule has 0 bridgehead atoms. The van der Waals surface area contributed by atoms with E-state index in [-0.39, 0.29) is 17.7 Å². The number of carbonyl (C=O) groups is 1. The highest BCUT2D eigenvalue weighted by Crippen LogP contribution is 2.37. The van der Waals surface area contributed by atoms with E-state index in [9.17, 15) is 9.59 Å². The van der Waals surface area contributed by atoms with E-state index >= 15 is 0 Å². The molecule has 9 heteroatoms. The van der Waals surface area contributed by atoms with E-state index < -0.39 is 12.0 Å². The van der Waals surface area contributed by atoms with E-state index in [1.165, 1.54) is 15.9 Å². The van der Waals surface area contributed by atoms with Crippen LogP contribution in [0.5, 0.6) is 17.2 Å². The summed E-state index contributed by atoms with van der Waals surface area (Å²) in [6.07, 6.45) is 1.80. The molecule has 0 radical (unpaired) electrons. The lowest BCUT2D eigenvalue weighted by molar-refractivity contribution is -0.139. The first kappa shape index (κ1) is 27.9. The minimum atomic E-state index is -0.831. The van der Waals surface area contributed by atoms with Crippen molar-refractivity contribution in [1.29, 1.82) is 0 Å². The molecule has 1 aromatic heterocycles. The van der Waals surface area contributed by atoms with Crippen molar-refractivity contribution < 1.29 is 23.7 Å². The first-order valence-corrected chi connectivity index (χ1v) is 13.9. The van der Waals surface area contributed by atoms with Crippen LogP contribution in [0.4, 0.5) is 0 Å². The number of allylic oxidation sites excluding steroid dienone is 1. The topological polar surface area (TPSA) is 88.4 Å². The van der Waals surface area contributed by atoms with Crippen LogP contribution in [0.15, 0.2) is 93.9 Å². The Bertz CT molecular complexity index is 1790. The number of para-hydroxylation sites is 1. The van der Waals surface area contributed by atoms with Crippen LogP contribution >= 0.6 is 11.3 Å². The summed E-state index contributed by atoms with van der Waals surface area (Å²) in [4.78, 5) is 32.4. The molecule has 5 rings (SSSR count). The predicted molar refractivity (Wildman–Crippen MR) is 157 cm³/mol. The van der Waals surface area contributed by atoms with Gasteiger partial charge in [-0.1, -0.05) is 59.9 Å². The third-order valence-corrected chi connectivity index (χ3v) is 7.67. The molecule has 0 unspecified atom stereocenters. The van der Waals surface area contributed by atoms with Gasteiger partial charge in [0.05, 0.1) is 36.6 Å². The fraction of sp³-hybridized carbons (Fsp3) is 0.219. The van der Waals surface area contributed by atoms with E-state index in [4.69, 9.17) is 18.9 Å². The summed E-state index contributed by atoms with van der Waals surface area (Å²) < 4.78 is 24.6. The Labute approximate surface area is 241 Å². The van der Waals surface area contributed by atoms with Crippen molar-refractivity contribution in [2.75, 3.05) is 20.8 Å². The highest BCUT2D eigenvalue weighted by Gasteiger charge is 2.35. The minimum Gasteiger partial charge on any atom is -0.497 e. The molecule has 1 aliphatic heterocycles. The lowest BCUT2D eigenvalue weighted by atomic mass is 9.94. The fourth-order valence-corrected chi connectivity index (χ4v) is 5.78. The van der Waals surface area contributed by atoms with Crippen LogP contribution in [0.25, 0.3) is 6.08 Å². The van der Waals surface area contributed by atoms with Gasteiger partial charge in [0, 0.05) is 11.1 Å². The van der Waals surface area contributed by atoms with E-state index in [1.54, 1.807) is 52.3 Å². The van der Waals surface area contributed by atoms with Gasteiger partial charge in [0.2, 0.25) is 0 Å². The molecular weight excluding hydrogens is 540 g/mol. The van der Waals surface area contributed by atoms with E-state index in [0.29, 0.717) is 44.4 Å². The van der Waals surface area contributed by atoms with Gasteiger partial charge in [-0.25, -0.2) is 9.79 Å². The maximum absolute atomic E-state index is 14.1. The van der Waals surface area contributed by atoms with Crippen LogP contribution in [-0.2, 0) is 16.1 Å². The number of hydrogen-bond acceptors (Lipinski definition) is 8. The van der Waals surface area contributed by atoms with Gasteiger partial charge >= 0.3 is 5.97 Å². The van der Waals surface area contributed by atoms with Gasteiger partial charge in [0.1, 0.15) is 29.9 Å². The van der Waals surface area contributed by atoms with Gasteiger partial charge < -0.3 is 18.9 Å². The van der Waals surface area contributed by atoms with Crippen molar-refractivity contribution in [3.05, 3.63) is 120 Å². The molecule has 0 N–H and O–H groups in total. The Morgan fingerprint density at radius 2 is 1.76 bits per heavy atom. The Morgan fingerprint density at radius 1 is 1.00 bits per heavy atom. The second-order valence-electron chi connectivity index (χ2n) is 9.22. The molecule has 41 heavy (non-hydrogen) atoms. The Hall–Kier alpha value is -4.63. The SMILES string of the molecule is CCOC(=O)C1=C(C)N=c2s/c(=C\c3ccccc3OCc3ccccc3)c(=O)n2[C@H]1c1cc(OC)ccc1OC. The summed E-state index contributed by atoms with van der Waals surface area (Å²) >= 11 is 1.25. The number of carbonyl (C=O) groups excluding carboxylic acids is 1. The van der Waals surface area contributed by atoms with Crippen LogP contribution in [0, 0.1) is 0 Å². The number of methoxy groups -OCH3 is 2. The Kier molecular flexibility index (Phi) is 8.35. The predicted octanol–water partition coefficient (Wildman–Crippen LogP) is 4.39. The average Bonchev–Trinajstić information content (AvgIpc) is 3.30. The van der Waals surface area contributed by atoms with Crippen LogP contribution < -0.4 is 29.1 Å². The van der Waals surface area contributed by atoms with Gasteiger partial charge in [-0.3, -0.25) is 9.36 Å². The second kappa shape index (κ2) is 12.3. The summed E-state index contributed by atoms with van der Waals surface area (Å²) in [5.41, 5.74) is 2.82. The number of esters is 1. The molecule has 1 atom stereocenters. The van der Waals surface area contributed by atoms with E-state index in [0.717, 1.165) is 11.1 Å². The second-order valence-corrected chi connectivity index (χ2v) is 10.2. The molecule has 0 saturated heterocycles. The smallest absolute Gasteiger partial charge is 0.338 e. The summed E-state index contributed by atoms with van der Waals surface area (Å²) in [6.45, 7) is 4.06. The van der Waals surface area contributed by atoms with Crippen LogP contribution in [0.1, 0.15) is 36.6 Å². The molecule has 0 amide bonds. The van der Waals surface area contributed by atoms with Gasteiger partial charge in [-0.05, 0) is 49.8 Å². The highest BCUT2D eigenvalue weighted by atomic mass is 32.1. The molecule has 3 aromatic carbocycles. The summed E-state index contributed by atoms with van der Waals surface area (Å²) in [6, 6.07) is 21.9. The summed E-state index contributed by atoms with van der Waals surface area (Å²) in [5.74, 6) is 1.17. The third-order valence-electron chi connectivity index (χ3n) is 6.69. The number of hydrogen-bond donors (Lipinski definition) is 0. The maximum Gasteiger partial charge on any atom is 0.338 e. The van der Waals surface area contributed by atoms with Crippen LogP contribution in [0.3, 0.4) is 0 Å². The van der Waals surface area contributed by atoms with E-state index in [1.807, 2.05) is 54.6 Å². The molecule has 0 aliphatic carbocycles. The number of fused-ring (bicyclic) bond motifs is 1. The fourth-order valence-electron chi connectivity index (χ4n) is 4.75. The van der Waals surface area contributed by atoms with Gasteiger partial charge in [-0.15, -0.1) is 0 Å². The molecular formula is C32H30N2O6S. The third kappa shape index (κ3) is 5.67. The van der Waals surface area contributed by atoms with Crippen molar-refractivity contribution in [3.63, 3.8) is 0 Å². The van der Waals surface area contributed by atoms with Gasteiger partial charge in [0.15, 0.2) is 4.80 Å². The zero-order valence-corrected chi connectivity index (χ0v) is 24.1. The first-order chi connectivity index (χ1) is 19.9.